The number of hydrogen-bond acceptors (Lipinski definition) is 4. The Labute approximate surface area is 124 Å². The smallest absolute Gasteiger partial charge is 0.282 e. The highest BCUT2D eigenvalue weighted by Gasteiger charge is 2.21. The standard InChI is InChI=1S/C15H22N2O4/c1-3-4-5-6-7-11(2)16-15(19)13-10-12(18)8-9-14(13)17(20)21/h8-11,18H,3-7H2,1-2H3,(H,16,19). The molecule has 1 rings (SSSR count). The molecule has 1 atom stereocenters. The average Bonchev–Trinajstić information content (AvgIpc) is 2.43. The predicted octanol–water partition coefficient (Wildman–Crippen LogP) is 3.39. The van der Waals surface area contributed by atoms with E-state index in [1.54, 1.807) is 0 Å². The molecule has 0 spiro atoms. The van der Waals surface area contributed by atoms with Crippen LogP contribution in [0.4, 0.5) is 5.69 Å². The van der Waals surface area contributed by atoms with Gasteiger partial charge in [-0.2, -0.15) is 0 Å². The number of carbonyl (C=O) groups is 1. The number of nitrogens with one attached hydrogen (secondary N) is 1. The lowest BCUT2D eigenvalue weighted by Crippen LogP contribution is -2.32. The molecule has 1 unspecified atom stereocenters. The van der Waals surface area contributed by atoms with E-state index in [9.17, 15) is 20.0 Å². The van der Waals surface area contributed by atoms with Crippen LogP contribution >= 0.6 is 0 Å². The average molecular weight is 294 g/mol. The second kappa shape index (κ2) is 8.24. The first kappa shape index (κ1) is 16.9. The van der Waals surface area contributed by atoms with Gasteiger partial charge in [0, 0.05) is 12.1 Å². The van der Waals surface area contributed by atoms with E-state index in [0.717, 1.165) is 37.8 Å². The molecule has 6 heteroatoms. The van der Waals surface area contributed by atoms with Crippen molar-refractivity contribution in [2.75, 3.05) is 0 Å². The van der Waals surface area contributed by atoms with Gasteiger partial charge in [-0.25, -0.2) is 0 Å². The van der Waals surface area contributed by atoms with E-state index in [-0.39, 0.29) is 23.0 Å². The molecule has 0 radical (unpaired) electrons. The fourth-order valence-electron chi connectivity index (χ4n) is 2.12. The molecule has 1 aromatic carbocycles. The van der Waals surface area contributed by atoms with Crippen molar-refractivity contribution in [3.63, 3.8) is 0 Å². The van der Waals surface area contributed by atoms with Gasteiger partial charge in [0.2, 0.25) is 0 Å². The Morgan fingerprint density at radius 3 is 2.71 bits per heavy atom. The molecule has 6 nitrogen and oxygen atoms in total. The largest absolute Gasteiger partial charge is 0.508 e. The van der Waals surface area contributed by atoms with E-state index in [1.165, 1.54) is 12.5 Å². The molecule has 0 heterocycles. The number of hydrogen-bond donors (Lipinski definition) is 2. The van der Waals surface area contributed by atoms with E-state index in [2.05, 4.69) is 12.2 Å². The topological polar surface area (TPSA) is 92.5 Å². The number of benzene rings is 1. The first-order chi connectivity index (χ1) is 9.95. The van der Waals surface area contributed by atoms with Crippen LogP contribution in [0, 0.1) is 10.1 Å². The maximum absolute atomic E-state index is 12.1. The van der Waals surface area contributed by atoms with Crippen molar-refractivity contribution in [2.24, 2.45) is 0 Å². The fourth-order valence-corrected chi connectivity index (χ4v) is 2.12. The molecular formula is C15H22N2O4. The summed E-state index contributed by atoms with van der Waals surface area (Å²) >= 11 is 0. The van der Waals surface area contributed by atoms with Crippen molar-refractivity contribution < 1.29 is 14.8 Å². The molecule has 0 saturated carbocycles. The van der Waals surface area contributed by atoms with Crippen LogP contribution in [0.2, 0.25) is 0 Å². The highest BCUT2D eigenvalue weighted by molar-refractivity contribution is 5.98. The maximum Gasteiger partial charge on any atom is 0.282 e. The van der Waals surface area contributed by atoms with Gasteiger partial charge in [0.05, 0.1) is 4.92 Å². The molecule has 0 bridgehead atoms. The number of phenolic OH excluding ortho intramolecular Hbond substituents is 1. The van der Waals surface area contributed by atoms with E-state index in [0.29, 0.717) is 0 Å². The van der Waals surface area contributed by atoms with Crippen LogP contribution in [-0.2, 0) is 0 Å². The Morgan fingerprint density at radius 1 is 1.38 bits per heavy atom. The third-order valence-electron chi connectivity index (χ3n) is 3.29. The lowest BCUT2D eigenvalue weighted by Gasteiger charge is -2.14. The number of nitro groups is 1. The first-order valence-corrected chi connectivity index (χ1v) is 7.24. The summed E-state index contributed by atoms with van der Waals surface area (Å²) in [5, 5.41) is 23.1. The van der Waals surface area contributed by atoms with Gasteiger partial charge in [0.25, 0.3) is 11.6 Å². The number of aromatic hydroxyl groups is 1. The van der Waals surface area contributed by atoms with Gasteiger partial charge in [-0.05, 0) is 25.5 Å². The zero-order valence-electron chi connectivity index (χ0n) is 12.5. The molecule has 2 N–H and O–H groups in total. The molecular weight excluding hydrogens is 272 g/mol. The summed E-state index contributed by atoms with van der Waals surface area (Å²) in [6.07, 6.45) is 5.27. The highest BCUT2D eigenvalue weighted by atomic mass is 16.6. The number of carbonyl (C=O) groups excluding carboxylic acids is 1. The van der Waals surface area contributed by atoms with Gasteiger partial charge in [-0.15, -0.1) is 0 Å². The van der Waals surface area contributed by atoms with Crippen molar-refractivity contribution in [2.45, 2.75) is 52.0 Å². The highest BCUT2D eigenvalue weighted by Crippen LogP contribution is 2.23. The summed E-state index contributed by atoms with van der Waals surface area (Å²) in [6, 6.07) is 3.40. The zero-order valence-corrected chi connectivity index (χ0v) is 12.5. The predicted molar refractivity (Wildman–Crippen MR) is 80.4 cm³/mol. The fraction of sp³-hybridized carbons (Fsp3) is 0.533. The monoisotopic (exact) mass is 294 g/mol. The number of rotatable bonds is 8. The van der Waals surface area contributed by atoms with Gasteiger partial charge in [-0.3, -0.25) is 14.9 Å². The summed E-state index contributed by atoms with van der Waals surface area (Å²) < 4.78 is 0. The Hall–Kier alpha value is -2.11. The Kier molecular flexibility index (Phi) is 6.65. The van der Waals surface area contributed by atoms with Crippen molar-refractivity contribution in [1.82, 2.24) is 5.32 Å². The SMILES string of the molecule is CCCCCCC(C)NC(=O)c1cc(O)ccc1[N+](=O)[O-]. The number of unbranched alkanes of at least 4 members (excludes halogenated alkanes) is 3. The summed E-state index contributed by atoms with van der Waals surface area (Å²) in [5.41, 5.74) is -0.413. The van der Waals surface area contributed by atoms with E-state index in [1.807, 2.05) is 6.92 Å². The molecule has 0 fully saturated rings. The minimum atomic E-state index is -0.625. The molecule has 0 aliphatic rings. The van der Waals surface area contributed by atoms with Crippen LogP contribution in [0.3, 0.4) is 0 Å². The van der Waals surface area contributed by atoms with Crippen LogP contribution < -0.4 is 5.32 Å². The maximum atomic E-state index is 12.1. The summed E-state index contributed by atoms with van der Waals surface area (Å²) in [4.78, 5) is 22.4. The van der Waals surface area contributed by atoms with Crippen LogP contribution in [0.25, 0.3) is 0 Å². The molecule has 116 valence electrons. The second-order valence-electron chi connectivity index (χ2n) is 5.18. The van der Waals surface area contributed by atoms with E-state index in [4.69, 9.17) is 0 Å². The summed E-state index contributed by atoms with van der Waals surface area (Å²) in [6.45, 7) is 4.00. The third-order valence-corrected chi connectivity index (χ3v) is 3.29. The van der Waals surface area contributed by atoms with Crippen molar-refractivity contribution in [3.8, 4) is 5.75 Å². The zero-order chi connectivity index (χ0) is 15.8. The number of amides is 1. The summed E-state index contributed by atoms with van der Waals surface area (Å²) in [7, 11) is 0. The Balaban J connectivity index is 2.66. The molecule has 0 saturated heterocycles. The van der Waals surface area contributed by atoms with Crippen molar-refractivity contribution in [3.05, 3.63) is 33.9 Å². The van der Waals surface area contributed by atoms with E-state index >= 15 is 0 Å². The van der Waals surface area contributed by atoms with Crippen LogP contribution in [0.5, 0.6) is 5.75 Å². The molecule has 0 aliphatic carbocycles. The third kappa shape index (κ3) is 5.41. The molecule has 1 amide bonds. The number of nitrogens with zero attached hydrogens (tertiary/aromatic N) is 1. The Bertz CT molecular complexity index is 502. The van der Waals surface area contributed by atoms with Gasteiger partial charge in [-0.1, -0.05) is 32.6 Å². The minimum absolute atomic E-state index is 0.0590. The van der Waals surface area contributed by atoms with Gasteiger partial charge in [0.1, 0.15) is 11.3 Å². The van der Waals surface area contributed by atoms with Crippen molar-refractivity contribution in [1.29, 1.82) is 0 Å². The number of phenols is 1. The molecule has 0 aromatic heterocycles. The minimum Gasteiger partial charge on any atom is -0.508 e. The van der Waals surface area contributed by atoms with E-state index < -0.39 is 10.8 Å². The Morgan fingerprint density at radius 2 is 2.10 bits per heavy atom. The lowest BCUT2D eigenvalue weighted by atomic mass is 10.1. The van der Waals surface area contributed by atoms with Gasteiger partial charge < -0.3 is 10.4 Å². The normalized spacial score (nSPS) is 11.9. The van der Waals surface area contributed by atoms with Crippen LogP contribution in [-0.4, -0.2) is 22.0 Å². The first-order valence-electron chi connectivity index (χ1n) is 7.24. The quantitative estimate of drug-likeness (QED) is 0.436. The molecule has 0 aliphatic heterocycles. The molecule has 21 heavy (non-hydrogen) atoms. The van der Waals surface area contributed by atoms with Crippen LogP contribution in [0.15, 0.2) is 18.2 Å². The lowest BCUT2D eigenvalue weighted by molar-refractivity contribution is -0.385. The number of nitro benzene ring substituents is 1. The van der Waals surface area contributed by atoms with Gasteiger partial charge >= 0.3 is 0 Å². The van der Waals surface area contributed by atoms with Gasteiger partial charge in [0.15, 0.2) is 0 Å². The summed E-state index contributed by atoms with van der Waals surface area (Å²) in [5.74, 6) is -0.693. The van der Waals surface area contributed by atoms with Crippen molar-refractivity contribution >= 4 is 11.6 Å². The molecule has 1 aromatic rings. The van der Waals surface area contributed by atoms with Crippen LogP contribution in [0.1, 0.15) is 56.3 Å². The second-order valence-corrected chi connectivity index (χ2v) is 5.18.